The molecule has 0 bridgehead atoms. The Kier molecular flexibility index (Phi) is 2.76. The molecule has 0 radical (unpaired) electrons. The Morgan fingerprint density at radius 1 is 1.43 bits per heavy atom. The van der Waals surface area contributed by atoms with E-state index in [9.17, 15) is 4.79 Å². The minimum Gasteiger partial charge on any atom is -0.353 e. The van der Waals surface area contributed by atoms with Crippen LogP contribution in [-0.2, 0) is 9.53 Å². The van der Waals surface area contributed by atoms with Crippen molar-refractivity contribution >= 4 is 11.6 Å². The van der Waals surface area contributed by atoms with E-state index in [-0.39, 0.29) is 5.91 Å². The van der Waals surface area contributed by atoms with Crippen molar-refractivity contribution in [3.05, 3.63) is 30.3 Å². The van der Waals surface area contributed by atoms with Crippen LogP contribution in [0.4, 0.5) is 5.69 Å². The molecule has 1 fully saturated rings. The average Bonchev–Trinajstić information content (AvgIpc) is 2.72. The Morgan fingerprint density at radius 2 is 2.21 bits per heavy atom. The Hall–Kier alpha value is -1.39. The second-order valence-corrected chi connectivity index (χ2v) is 3.06. The molecule has 1 amide bonds. The maximum absolute atomic E-state index is 11.5. The lowest BCUT2D eigenvalue weighted by Gasteiger charge is -2.10. The molecule has 1 heterocycles. The van der Waals surface area contributed by atoms with Crippen LogP contribution in [0.1, 0.15) is 0 Å². The maximum atomic E-state index is 11.5. The maximum Gasteiger partial charge on any atom is 0.268 e. The smallest absolute Gasteiger partial charge is 0.268 e. The summed E-state index contributed by atoms with van der Waals surface area (Å²) in [5.74, 6) is -0.145. The number of para-hydroxylation sites is 1. The van der Waals surface area contributed by atoms with Crippen LogP contribution in [-0.4, -0.2) is 25.3 Å². The minimum absolute atomic E-state index is 0.145. The van der Waals surface area contributed by atoms with Crippen molar-refractivity contribution < 1.29 is 9.53 Å². The van der Waals surface area contributed by atoms with Gasteiger partial charge in [-0.15, -0.1) is 0 Å². The lowest BCUT2D eigenvalue weighted by Crippen LogP contribution is -2.36. The highest BCUT2D eigenvalue weighted by Crippen LogP contribution is 2.06. The quantitative estimate of drug-likeness (QED) is 0.720. The second-order valence-electron chi connectivity index (χ2n) is 3.06. The summed E-state index contributed by atoms with van der Waals surface area (Å²) in [7, 11) is 0. The van der Waals surface area contributed by atoms with Gasteiger partial charge in [0.25, 0.3) is 5.91 Å². The highest BCUT2D eigenvalue weighted by Gasteiger charge is 2.22. The summed E-state index contributed by atoms with van der Waals surface area (Å²) in [6.07, 6.45) is -0.504. The van der Waals surface area contributed by atoms with Gasteiger partial charge in [0.1, 0.15) is 0 Å². The van der Waals surface area contributed by atoms with Crippen LogP contribution in [0.25, 0.3) is 0 Å². The molecule has 0 aliphatic carbocycles. The van der Waals surface area contributed by atoms with Crippen molar-refractivity contribution in [1.82, 2.24) is 5.32 Å². The molecule has 4 heteroatoms. The number of nitrogens with one attached hydrogen (secondary N) is 2. The van der Waals surface area contributed by atoms with Crippen LogP contribution in [0.2, 0.25) is 0 Å². The highest BCUT2D eigenvalue weighted by molar-refractivity contribution is 5.93. The molecular weight excluding hydrogens is 180 g/mol. The van der Waals surface area contributed by atoms with Crippen LogP contribution in [0, 0.1) is 0 Å². The summed E-state index contributed by atoms with van der Waals surface area (Å²) in [4.78, 5) is 11.5. The lowest BCUT2D eigenvalue weighted by atomic mass is 10.3. The minimum atomic E-state index is -0.504. The van der Waals surface area contributed by atoms with Gasteiger partial charge in [-0.2, -0.15) is 0 Å². The van der Waals surface area contributed by atoms with Crippen molar-refractivity contribution in [2.75, 3.05) is 18.5 Å². The number of hydrogen-bond donors (Lipinski definition) is 2. The molecule has 1 aliphatic rings. The van der Waals surface area contributed by atoms with Crippen molar-refractivity contribution in [3.63, 3.8) is 0 Å². The van der Waals surface area contributed by atoms with E-state index in [1.165, 1.54) is 0 Å². The number of carbonyl (C=O) groups excluding carboxylic acids is 1. The van der Waals surface area contributed by atoms with Crippen LogP contribution >= 0.6 is 0 Å². The molecule has 0 spiro atoms. The van der Waals surface area contributed by atoms with Gasteiger partial charge in [0.15, 0.2) is 6.23 Å². The summed E-state index contributed by atoms with van der Waals surface area (Å²) in [6.45, 7) is 1.32. The molecule has 0 aromatic heterocycles. The standard InChI is InChI=1S/C10H12N2O2/c13-9(10-11-6-7-14-10)12-8-4-2-1-3-5-8/h1-5,10-11H,6-7H2,(H,12,13). The molecule has 1 aromatic carbocycles. The van der Waals surface area contributed by atoms with Crippen molar-refractivity contribution in [3.8, 4) is 0 Å². The molecule has 1 saturated heterocycles. The van der Waals surface area contributed by atoms with E-state index in [1.807, 2.05) is 30.3 Å². The lowest BCUT2D eigenvalue weighted by molar-refractivity contribution is -0.125. The Bertz CT molecular complexity index is 307. The number of carbonyl (C=O) groups is 1. The zero-order chi connectivity index (χ0) is 9.80. The fourth-order valence-corrected chi connectivity index (χ4v) is 1.32. The van der Waals surface area contributed by atoms with E-state index >= 15 is 0 Å². The first-order chi connectivity index (χ1) is 6.86. The first-order valence-electron chi connectivity index (χ1n) is 4.57. The Labute approximate surface area is 82.3 Å². The van der Waals surface area contributed by atoms with Crippen LogP contribution in [0.5, 0.6) is 0 Å². The fourth-order valence-electron chi connectivity index (χ4n) is 1.32. The molecule has 1 unspecified atom stereocenters. The predicted octanol–water partition coefficient (Wildman–Crippen LogP) is 0.571. The van der Waals surface area contributed by atoms with Crippen molar-refractivity contribution in [2.24, 2.45) is 0 Å². The summed E-state index contributed by atoms with van der Waals surface area (Å²) >= 11 is 0. The fraction of sp³-hybridized carbons (Fsp3) is 0.300. The largest absolute Gasteiger partial charge is 0.353 e. The molecule has 14 heavy (non-hydrogen) atoms. The first kappa shape index (κ1) is 9.18. The number of hydrogen-bond acceptors (Lipinski definition) is 3. The summed E-state index contributed by atoms with van der Waals surface area (Å²) in [5.41, 5.74) is 0.787. The van der Waals surface area contributed by atoms with Crippen molar-refractivity contribution in [2.45, 2.75) is 6.23 Å². The summed E-state index contributed by atoms with van der Waals surface area (Å²) < 4.78 is 5.16. The first-order valence-corrected chi connectivity index (χ1v) is 4.57. The van der Waals surface area contributed by atoms with E-state index in [0.29, 0.717) is 6.61 Å². The van der Waals surface area contributed by atoms with Crippen LogP contribution in [0.3, 0.4) is 0 Å². The summed E-state index contributed by atoms with van der Waals surface area (Å²) in [5, 5.41) is 5.70. The van der Waals surface area contributed by atoms with Gasteiger partial charge in [0, 0.05) is 12.2 Å². The van der Waals surface area contributed by atoms with Crippen LogP contribution in [0.15, 0.2) is 30.3 Å². The van der Waals surface area contributed by atoms with E-state index in [4.69, 9.17) is 4.74 Å². The summed E-state index contributed by atoms with van der Waals surface area (Å²) in [6, 6.07) is 9.33. The van der Waals surface area contributed by atoms with Gasteiger partial charge < -0.3 is 10.1 Å². The SMILES string of the molecule is O=C(Nc1ccccc1)C1NCCO1. The van der Waals surface area contributed by atoms with Gasteiger partial charge >= 0.3 is 0 Å². The Balaban J connectivity index is 1.94. The third-order valence-corrected chi connectivity index (χ3v) is 2.00. The number of amides is 1. The molecule has 1 aromatic rings. The van der Waals surface area contributed by atoms with Gasteiger partial charge in [-0.3, -0.25) is 10.1 Å². The molecule has 2 rings (SSSR count). The number of rotatable bonds is 2. The Morgan fingerprint density at radius 3 is 2.86 bits per heavy atom. The molecule has 2 N–H and O–H groups in total. The van der Waals surface area contributed by atoms with Gasteiger partial charge in [0.05, 0.1) is 6.61 Å². The molecule has 1 atom stereocenters. The van der Waals surface area contributed by atoms with Gasteiger partial charge in [0.2, 0.25) is 0 Å². The average molecular weight is 192 g/mol. The highest BCUT2D eigenvalue weighted by atomic mass is 16.5. The van der Waals surface area contributed by atoms with E-state index in [1.54, 1.807) is 0 Å². The monoisotopic (exact) mass is 192 g/mol. The third kappa shape index (κ3) is 2.10. The van der Waals surface area contributed by atoms with Gasteiger partial charge in [-0.05, 0) is 12.1 Å². The van der Waals surface area contributed by atoms with Gasteiger partial charge in [-0.1, -0.05) is 18.2 Å². The zero-order valence-electron chi connectivity index (χ0n) is 7.69. The van der Waals surface area contributed by atoms with E-state index in [0.717, 1.165) is 12.2 Å². The van der Waals surface area contributed by atoms with Crippen molar-refractivity contribution in [1.29, 1.82) is 0 Å². The molecular formula is C10H12N2O2. The number of anilines is 1. The number of ether oxygens (including phenoxy) is 1. The van der Waals surface area contributed by atoms with Gasteiger partial charge in [-0.25, -0.2) is 0 Å². The number of benzene rings is 1. The normalized spacial score (nSPS) is 20.7. The third-order valence-electron chi connectivity index (χ3n) is 2.00. The molecule has 4 nitrogen and oxygen atoms in total. The van der Waals surface area contributed by atoms with E-state index in [2.05, 4.69) is 10.6 Å². The zero-order valence-corrected chi connectivity index (χ0v) is 7.69. The predicted molar refractivity (Wildman–Crippen MR) is 52.8 cm³/mol. The van der Waals surface area contributed by atoms with Crippen LogP contribution < -0.4 is 10.6 Å². The second kappa shape index (κ2) is 4.21. The molecule has 74 valence electrons. The van der Waals surface area contributed by atoms with E-state index < -0.39 is 6.23 Å². The molecule has 0 saturated carbocycles. The topological polar surface area (TPSA) is 50.4 Å². The molecule has 1 aliphatic heterocycles.